The Morgan fingerprint density at radius 1 is 1.47 bits per heavy atom. The van der Waals surface area contributed by atoms with Crippen LogP contribution >= 0.6 is 22.3 Å². The van der Waals surface area contributed by atoms with Crippen molar-refractivity contribution < 1.29 is 17.2 Å². The van der Waals surface area contributed by atoms with Gasteiger partial charge in [0.05, 0.1) is 11.3 Å². The summed E-state index contributed by atoms with van der Waals surface area (Å²) in [6.45, 7) is 0. The Morgan fingerprint density at radius 2 is 2.00 bits per heavy atom. The van der Waals surface area contributed by atoms with Crippen LogP contribution in [-0.2, 0) is 9.05 Å². The molecule has 0 aliphatic rings. The Labute approximate surface area is 93.4 Å². The first-order valence-corrected chi connectivity index (χ1v) is 6.10. The zero-order valence-electron chi connectivity index (χ0n) is 6.92. The van der Waals surface area contributed by atoms with Gasteiger partial charge in [-0.25, -0.2) is 22.2 Å². The molecule has 0 aliphatic carbocycles. The Balaban J connectivity index is 3.48. The quantitative estimate of drug-likeness (QED) is 0.841. The zero-order valence-corrected chi connectivity index (χ0v) is 9.24. The summed E-state index contributed by atoms with van der Waals surface area (Å²) in [5.74, 6) is 0. The van der Waals surface area contributed by atoms with Gasteiger partial charge in [0.15, 0.2) is 5.03 Å². The maximum absolute atomic E-state index is 12.3. The Bertz CT molecular complexity index is 492. The molecule has 84 valence electrons. The summed E-state index contributed by atoms with van der Waals surface area (Å²) in [6.07, 6.45) is -2.26. The van der Waals surface area contributed by atoms with E-state index >= 15 is 0 Å². The molecule has 15 heavy (non-hydrogen) atoms. The van der Waals surface area contributed by atoms with E-state index in [4.69, 9.17) is 28.0 Å². The summed E-state index contributed by atoms with van der Waals surface area (Å²) in [7, 11) is 0.756. The number of pyridine rings is 1. The van der Waals surface area contributed by atoms with Gasteiger partial charge >= 0.3 is 0 Å². The highest BCUT2D eigenvalue weighted by molar-refractivity contribution is 8.13. The van der Waals surface area contributed by atoms with Gasteiger partial charge in [-0.1, -0.05) is 11.6 Å². The van der Waals surface area contributed by atoms with Crippen LogP contribution in [0, 0.1) is 0 Å². The molecule has 0 bridgehead atoms. The fourth-order valence-corrected chi connectivity index (χ4v) is 2.27. The second kappa shape index (κ2) is 4.07. The molecule has 1 aromatic heterocycles. The lowest BCUT2D eigenvalue weighted by atomic mass is 10.2. The van der Waals surface area contributed by atoms with Crippen molar-refractivity contribution in [2.45, 2.75) is 11.5 Å². The Morgan fingerprint density at radius 3 is 2.40 bits per heavy atom. The van der Waals surface area contributed by atoms with Gasteiger partial charge in [-0.2, -0.15) is 0 Å². The maximum Gasteiger partial charge on any atom is 0.280 e. The topological polar surface area (TPSA) is 73.0 Å². The highest BCUT2D eigenvalue weighted by Crippen LogP contribution is 2.34. The molecule has 0 amide bonds. The lowest BCUT2D eigenvalue weighted by molar-refractivity contribution is 0.151. The van der Waals surface area contributed by atoms with Crippen molar-refractivity contribution in [3.05, 3.63) is 16.8 Å². The largest absolute Gasteiger partial charge is 0.397 e. The van der Waals surface area contributed by atoms with Gasteiger partial charge in [-0.3, -0.25) is 0 Å². The van der Waals surface area contributed by atoms with Gasteiger partial charge < -0.3 is 5.73 Å². The number of aromatic nitrogens is 1. The second-order valence-corrected chi connectivity index (χ2v) is 5.34. The summed E-state index contributed by atoms with van der Waals surface area (Å²) in [5.41, 5.74) is 4.03. The van der Waals surface area contributed by atoms with E-state index in [1.165, 1.54) is 0 Å². The van der Waals surface area contributed by atoms with Crippen LogP contribution in [0.2, 0.25) is 5.02 Å². The molecule has 2 N–H and O–H groups in total. The normalized spacial score (nSPS) is 12.1. The van der Waals surface area contributed by atoms with Crippen LogP contribution in [0.25, 0.3) is 0 Å². The number of rotatable bonds is 2. The molecule has 0 fully saturated rings. The minimum atomic E-state index is -4.19. The number of nitrogens with zero attached hydrogens (tertiary/aromatic N) is 1. The molecule has 0 aromatic carbocycles. The lowest BCUT2D eigenvalue weighted by Gasteiger charge is -2.07. The summed E-state index contributed by atoms with van der Waals surface area (Å²) in [5, 5.41) is -1.32. The first-order valence-electron chi connectivity index (χ1n) is 3.42. The van der Waals surface area contributed by atoms with E-state index in [0.29, 0.717) is 6.20 Å². The summed E-state index contributed by atoms with van der Waals surface area (Å²) < 4.78 is 46.3. The van der Waals surface area contributed by atoms with Crippen molar-refractivity contribution in [3.8, 4) is 0 Å². The van der Waals surface area contributed by atoms with Crippen LogP contribution in [0.3, 0.4) is 0 Å². The van der Waals surface area contributed by atoms with Crippen molar-refractivity contribution in [2.75, 3.05) is 5.73 Å². The van der Waals surface area contributed by atoms with E-state index in [1.54, 1.807) is 0 Å². The molecule has 0 saturated carbocycles. The monoisotopic (exact) mass is 276 g/mol. The molecular formula is C6H4Cl2F2N2O2S. The molecule has 4 nitrogen and oxygen atoms in total. The lowest BCUT2D eigenvalue weighted by Crippen LogP contribution is -2.03. The third-order valence-corrected chi connectivity index (χ3v) is 3.23. The van der Waals surface area contributed by atoms with Crippen molar-refractivity contribution >= 4 is 37.0 Å². The fourth-order valence-electron chi connectivity index (χ4n) is 0.840. The Kier molecular flexibility index (Phi) is 3.37. The SMILES string of the molecule is Nc1c(C(F)F)cnc(S(=O)(=O)Cl)c1Cl. The molecule has 0 radical (unpaired) electrons. The van der Waals surface area contributed by atoms with Gasteiger partial charge in [0, 0.05) is 16.9 Å². The predicted molar refractivity (Wildman–Crippen MR) is 51.7 cm³/mol. The third-order valence-electron chi connectivity index (χ3n) is 1.52. The van der Waals surface area contributed by atoms with Crippen LogP contribution in [0.15, 0.2) is 11.2 Å². The van der Waals surface area contributed by atoms with Crippen molar-refractivity contribution in [1.29, 1.82) is 0 Å². The highest BCUT2D eigenvalue weighted by Gasteiger charge is 2.23. The standard InChI is InChI=1S/C6H4Cl2F2N2O2S/c7-3-4(11)2(5(9)10)1-12-6(3)15(8,13)14/h1,5H,(H2,11,12). The summed E-state index contributed by atoms with van der Waals surface area (Å²) in [4.78, 5) is 3.22. The maximum atomic E-state index is 12.3. The first kappa shape index (κ1) is 12.4. The second-order valence-electron chi connectivity index (χ2n) is 2.48. The molecule has 1 rings (SSSR count). The number of hydrogen-bond acceptors (Lipinski definition) is 4. The molecule has 0 unspecified atom stereocenters. The molecule has 1 heterocycles. The van der Waals surface area contributed by atoms with Crippen molar-refractivity contribution in [3.63, 3.8) is 0 Å². The predicted octanol–water partition coefficient (Wildman–Crippen LogP) is 2.18. The van der Waals surface area contributed by atoms with E-state index in [1.807, 2.05) is 0 Å². The van der Waals surface area contributed by atoms with Crippen molar-refractivity contribution in [1.82, 2.24) is 4.98 Å². The van der Waals surface area contributed by atoms with Crippen LogP contribution in [0.5, 0.6) is 0 Å². The van der Waals surface area contributed by atoms with Gasteiger partial charge in [0.2, 0.25) is 0 Å². The molecule has 0 aliphatic heterocycles. The average Bonchev–Trinajstić information content (AvgIpc) is 2.06. The zero-order chi connectivity index (χ0) is 11.8. The molecule has 0 saturated heterocycles. The average molecular weight is 277 g/mol. The summed E-state index contributed by atoms with van der Waals surface area (Å²) >= 11 is 5.44. The van der Waals surface area contributed by atoms with E-state index in [-0.39, 0.29) is 0 Å². The molecule has 0 atom stereocenters. The number of nitrogens with two attached hydrogens (primary N) is 1. The number of anilines is 1. The summed E-state index contributed by atoms with van der Waals surface area (Å²) in [6, 6.07) is 0. The fraction of sp³-hybridized carbons (Fsp3) is 0.167. The van der Waals surface area contributed by atoms with Gasteiger partial charge in [-0.05, 0) is 0 Å². The Hall–Kier alpha value is -0.660. The van der Waals surface area contributed by atoms with E-state index in [0.717, 1.165) is 0 Å². The molecule has 9 heteroatoms. The molecular weight excluding hydrogens is 273 g/mol. The smallest absolute Gasteiger partial charge is 0.280 e. The van der Waals surface area contributed by atoms with Crippen LogP contribution in [-0.4, -0.2) is 13.4 Å². The highest BCUT2D eigenvalue weighted by atomic mass is 35.7. The van der Waals surface area contributed by atoms with Gasteiger partial charge in [-0.15, -0.1) is 0 Å². The molecule has 1 aromatic rings. The van der Waals surface area contributed by atoms with Crippen LogP contribution in [0.1, 0.15) is 12.0 Å². The van der Waals surface area contributed by atoms with E-state index in [9.17, 15) is 17.2 Å². The van der Waals surface area contributed by atoms with Gasteiger partial charge in [0.25, 0.3) is 15.5 Å². The van der Waals surface area contributed by atoms with Crippen molar-refractivity contribution in [2.24, 2.45) is 0 Å². The van der Waals surface area contributed by atoms with Crippen LogP contribution < -0.4 is 5.73 Å². The van der Waals surface area contributed by atoms with E-state index < -0.39 is 36.8 Å². The number of hydrogen-bond donors (Lipinski definition) is 1. The first-order chi connectivity index (χ1) is 6.75. The van der Waals surface area contributed by atoms with E-state index in [2.05, 4.69) is 4.98 Å². The van der Waals surface area contributed by atoms with Crippen LogP contribution in [0.4, 0.5) is 14.5 Å². The number of alkyl halides is 2. The molecule has 0 spiro atoms. The third kappa shape index (κ3) is 2.47. The minimum Gasteiger partial charge on any atom is -0.397 e. The van der Waals surface area contributed by atoms with Gasteiger partial charge in [0.1, 0.15) is 5.02 Å². The number of halogens is 4. The number of nitrogen functional groups attached to an aromatic ring is 1. The minimum absolute atomic E-state index is 0.541.